The van der Waals surface area contributed by atoms with Crippen LogP contribution in [0.1, 0.15) is 10.7 Å². The third kappa shape index (κ3) is 3.77. The van der Waals surface area contributed by atoms with Crippen LogP contribution in [0.3, 0.4) is 0 Å². The molecule has 1 heterocycles. The van der Waals surface area contributed by atoms with E-state index < -0.39 is 0 Å². The molecule has 1 aromatic heterocycles. The average molecular weight is 277 g/mol. The zero-order chi connectivity index (χ0) is 13.7. The van der Waals surface area contributed by atoms with Gasteiger partial charge in [-0.2, -0.15) is 0 Å². The number of aromatic nitrogens is 1. The highest BCUT2D eigenvalue weighted by molar-refractivity contribution is 7.09. The van der Waals surface area contributed by atoms with Crippen LogP contribution in [0.2, 0.25) is 0 Å². The second kappa shape index (κ2) is 6.31. The van der Waals surface area contributed by atoms with Gasteiger partial charge in [0.2, 0.25) is 5.91 Å². The van der Waals surface area contributed by atoms with Gasteiger partial charge < -0.3 is 16.2 Å². The maximum Gasteiger partial charge on any atom is 0.230 e. The molecule has 1 amide bonds. The largest absolute Gasteiger partial charge is 0.506 e. The standard InChI is InChI=1S/C13H15N3O2S/c14-6-5-13-15-9(8-19-13)7-12(18)16-10-3-1-2-4-11(10)17/h1-4,8,17H,5-7,14H2,(H,16,18). The van der Waals surface area contributed by atoms with Crippen molar-refractivity contribution in [2.24, 2.45) is 5.73 Å². The molecule has 4 N–H and O–H groups in total. The van der Waals surface area contributed by atoms with Crippen LogP contribution in [-0.4, -0.2) is 22.5 Å². The third-order valence-electron chi connectivity index (χ3n) is 2.48. The Kier molecular flexibility index (Phi) is 4.48. The predicted octanol–water partition coefficient (Wildman–Crippen LogP) is 1.53. The van der Waals surface area contributed by atoms with Crippen molar-refractivity contribution in [3.05, 3.63) is 40.3 Å². The van der Waals surface area contributed by atoms with Crippen LogP contribution in [0.4, 0.5) is 5.69 Å². The highest BCUT2D eigenvalue weighted by Gasteiger charge is 2.09. The zero-order valence-corrected chi connectivity index (χ0v) is 11.1. The molecule has 0 spiro atoms. The van der Waals surface area contributed by atoms with Crippen molar-refractivity contribution in [3.8, 4) is 5.75 Å². The zero-order valence-electron chi connectivity index (χ0n) is 10.3. The monoisotopic (exact) mass is 277 g/mol. The lowest BCUT2D eigenvalue weighted by molar-refractivity contribution is -0.115. The Morgan fingerprint density at radius 1 is 1.42 bits per heavy atom. The van der Waals surface area contributed by atoms with Gasteiger partial charge in [-0.05, 0) is 18.7 Å². The summed E-state index contributed by atoms with van der Waals surface area (Å²) < 4.78 is 0. The van der Waals surface area contributed by atoms with E-state index in [1.165, 1.54) is 17.4 Å². The Morgan fingerprint density at radius 3 is 2.95 bits per heavy atom. The van der Waals surface area contributed by atoms with Gasteiger partial charge in [0, 0.05) is 11.8 Å². The summed E-state index contributed by atoms with van der Waals surface area (Å²) >= 11 is 1.51. The molecule has 0 bridgehead atoms. The molecular weight excluding hydrogens is 262 g/mol. The molecule has 0 aliphatic heterocycles. The van der Waals surface area contributed by atoms with Crippen LogP contribution < -0.4 is 11.1 Å². The van der Waals surface area contributed by atoms with Crippen molar-refractivity contribution in [1.82, 2.24) is 4.98 Å². The number of hydrogen-bond donors (Lipinski definition) is 3. The van der Waals surface area contributed by atoms with Crippen molar-refractivity contribution in [3.63, 3.8) is 0 Å². The van der Waals surface area contributed by atoms with Crippen LogP contribution in [0, 0.1) is 0 Å². The lowest BCUT2D eigenvalue weighted by atomic mass is 10.2. The van der Waals surface area contributed by atoms with Crippen LogP contribution in [0.25, 0.3) is 0 Å². The third-order valence-corrected chi connectivity index (χ3v) is 3.43. The van der Waals surface area contributed by atoms with E-state index in [1.807, 2.05) is 5.38 Å². The number of phenols is 1. The van der Waals surface area contributed by atoms with Gasteiger partial charge in [-0.25, -0.2) is 4.98 Å². The minimum atomic E-state index is -0.203. The Morgan fingerprint density at radius 2 is 2.21 bits per heavy atom. The summed E-state index contributed by atoms with van der Waals surface area (Å²) in [5.41, 5.74) is 6.58. The van der Waals surface area contributed by atoms with E-state index >= 15 is 0 Å². The molecule has 0 aliphatic carbocycles. The first-order valence-corrected chi connectivity index (χ1v) is 6.78. The number of anilines is 1. The van der Waals surface area contributed by atoms with Crippen molar-refractivity contribution < 1.29 is 9.90 Å². The van der Waals surface area contributed by atoms with Gasteiger partial charge in [-0.15, -0.1) is 11.3 Å². The van der Waals surface area contributed by atoms with Crippen LogP contribution in [0.15, 0.2) is 29.6 Å². The number of para-hydroxylation sites is 2. The molecule has 19 heavy (non-hydrogen) atoms. The summed E-state index contributed by atoms with van der Waals surface area (Å²) in [4.78, 5) is 16.1. The Hall–Kier alpha value is -1.92. The summed E-state index contributed by atoms with van der Waals surface area (Å²) in [7, 11) is 0. The van der Waals surface area contributed by atoms with Gasteiger partial charge in [0.15, 0.2) is 0 Å². The fourth-order valence-electron chi connectivity index (χ4n) is 1.61. The van der Waals surface area contributed by atoms with Crippen molar-refractivity contribution in [2.75, 3.05) is 11.9 Å². The normalized spacial score (nSPS) is 10.4. The summed E-state index contributed by atoms with van der Waals surface area (Å²) in [6.45, 7) is 0.553. The number of benzene rings is 1. The molecule has 0 radical (unpaired) electrons. The quantitative estimate of drug-likeness (QED) is 0.723. The fraction of sp³-hybridized carbons (Fsp3) is 0.231. The van der Waals surface area contributed by atoms with Gasteiger partial charge in [0.1, 0.15) is 5.75 Å². The molecule has 1 aromatic carbocycles. The van der Waals surface area contributed by atoms with Gasteiger partial charge in [-0.3, -0.25) is 4.79 Å². The Balaban J connectivity index is 1.95. The van der Waals surface area contributed by atoms with Gasteiger partial charge in [0.05, 0.1) is 22.8 Å². The molecule has 6 heteroatoms. The van der Waals surface area contributed by atoms with Crippen LogP contribution in [-0.2, 0) is 17.6 Å². The molecular formula is C13H15N3O2S. The average Bonchev–Trinajstić information content (AvgIpc) is 2.80. The molecule has 0 unspecified atom stereocenters. The summed E-state index contributed by atoms with van der Waals surface area (Å²) in [5, 5.41) is 15.0. The maximum absolute atomic E-state index is 11.8. The fourth-order valence-corrected chi connectivity index (χ4v) is 2.42. The number of carbonyl (C=O) groups excluding carboxylic acids is 1. The summed E-state index contributed by atoms with van der Waals surface area (Å²) in [6, 6.07) is 6.62. The number of rotatable bonds is 5. The number of phenolic OH excluding ortho intramolecular Hbond substituents is 1. The van der Waals surface area contributed by atoms with Crippen molar-refractivity contribution in [2.45, 2.75) is 12.8 Å². The number of carbonyl (C=O) groups is 1. The van der Waals surface area contributed by atoms with E-state index in [9.17, 15) is 9.90 Å². The molecule has 5 nitrogen and oxygen atoms in total. The lowest BCUT2D eigenvalue weighted by Crippen LogP contribution is -2.14. The molecule has 0 aliphatic rings. The second-order valence-electron chi connectivity index (χ2n) is 4.01. The number of nitrogens with zero attached hydrogens (tertiary/aromatic N) is 1. The van der Waals surface area contributed by atoms with E-state index in [0.717, 1.165) is 17.1 Å². The maximum atomic E-state index is 11.8. The molecule has 2 aromatic rings. The first-order chi connectivity index (χ1) is 9.19. The number of aromatic hydroxyl groups is 1. The number of hydrogen-bond acceptors (Lipinski definition) is 5. The second-order valence-corrected chi connectivity index (χ2v) is 4.96. The minimum Gasteiger partial charge on any atom is -0.506 e. The highest BCUT2D eigenvalue weighted by Crippen LogP contribution is 2.21. The summed E-state index contributed by atoms with van der Waals surface area (Å²) in [6.07, 6.45) is 0.918. The Labute approximate surface area is 115 Å². The molecule has 0 atom stereocenters. The number of nitrogens with one attached hydrogen (secondary N) is 1. The molecule has 0 saturated heterocycles. The van der Waals surface area contributed by atoms with Gasteiger partial charge in [0.25, 0.3) is 0 Å². The minimum absolute atomic E-state index is 0.0537. The molecule has 0 fully saturated rings. The van der Waals surface area contributed by atoms with E-state index in [-0.39, 0.29) is 18.1 Å². The molecule has 100 valence electrons. The first-order valence-electron chi connectivity index (χ1n) is 5.90. The van der Waals surface area contributed by atoms with E-state index in [1.54, 1.807) is 18.2 Å². The van der Waals surface area contributed by atoms with E-state index in [2.05, 4.69) is 10.3 Å². The van der Waals surface area contributed by atoms with Gasteiger partial charge in [-0.1, -0.05) is 12.1 Å². The van der Waals surface area contributed by atoms with E-state index in [4.69, 9.17) is 5.73 Å². The Bertz CT molecular complexity index is 569. The van der Waals surface area contributed by atoms with Crippen LogP contribution >= 0.6 is 11.3 Å². The lowest BCUT2D eigenvalue weighted by Gasteiger charge is -2.05. The molecule has 0 saturated carbocycles. The SMILES string of the molecule is NCCc1nc(CC(=O)Nc2ccccc2O)cs1. The summed E-state index contributed by atoms with van der Waals surface area (Å²) in [5.74, 6) is -0.149. The highest BCUT2D eigenvalue weighted by atomic mass is 32.1. The van der Waals surface area contributed by atoms with Crippen molar-refractivity contribution >= 4 is 22.9 Å². The predicted molar refractivity (Wildman–Crippen MR) is 75.3 cm³/mol. The van der Waals surface area contributed by atoms with E-state index in [0.29, 0.717) is 12.2 Å². The number of nitrogens with two attached hydrogens (primary N) is 1. The topological polar surface area (TPSA) is 88.2 Å². The smallest absolute Gasteiger partial charge is 0.230 e. The number of amides is 1. The number of thiazole rings is 1. The molecule has 2 rings (SSSR count). The van der Waals surface area contributed by atoms with Crippen molar-refractivity contribution in [1.29, 1.82) is 0 Å². The van der Waals surface area contributed by atoms with Gasteiger partial charge >= 0.3 is 0 Å². The van der Waals surface area contributed by atoms with Crippen LogP contribution in [0.5, 0.6) is 5.75 Å². The first kappa shape index (κ1) is 13.5.